The van der Waals surface area contributed by atoms with E-state index in [-0.39, 0.29) is 12.4 Å². The van der Waals surface area contributed by atoms with Gasteiger partial charge in [-0.25, -0.2) is 9.37 Å². The highest BCUT2D eigenvalue weighted by Gasteiger charge is 2.15. The zero-order chi connectivity index (χ0) is 13.1. The summed E-state index contributed by atoms with van der Waals surface area (Å²) in [6, 6.07) is 4.71. The monoisotopic (exact) mass is 268 g/mol. The molecule has 0 radical (unpaired) electrons. The van der Waals surface area contributed by atoms with Gasteiger partial charge in [-0.15, -0.1) is 0 Å². The first-order chi connectivity index (χ1) is 8.61. The van der Waals surface area contributed by atoms with Crippen LogP contribution in [0.5, 0.6) is 0 Å². The van der Waals surface area contributed by atoms with Gasteiger partial charge in [0.25, 0.3) is 0 Å². The Hall–Kier alpha value is -1.69. The summed E-state index contributed by atoms with van der Waals surface area (Å²) in [5.41, 5.74) is 0.571. The van der Waals surface area contributed by atoms with E-state index in [0.29, 0.717) is 21.9 Å². The number of nitrogens with zero attached hydrogens (tertiary/aromatic N) is 2. The molecule has 2 rings (SSSR count). The van der Waals surface area contributed by atoms with E-state index in [4.69, 9.17) is 5.11 Å². The van der Waals surface area contributed by atoms with Crippen LogP contribution in [0.1, 0.15) is 13.3 Å². The highest BCUT2D eigenvalue weighted by molar-refractivity contribution is 7.22. The highest BCUT2D eigenvalue weighted by Crippen LogP contribution is 2.30. The number of fused-ring (bicyclic) bond motifs is 1. The maximum absolute atomic E-state index is 13.5. The number of hydrogen-bond donors (Lipinski definition) is 1. The van der Waals surface area contributed by atoms with Gasteiger partial charge < -0.3 is 10.0 Å². The molecule has 0 spiro atoms. The van der Waals surface area contributed by atoms with Crippen LogP contribution < -0.4 is 4.90 Å². The Balaban J connectivity index is 2.38. The van der Waals surface area contributed by atoms with E-state index >= 15 is 0 Å². The number of rotatable bonds is 5. The number of aliphatic carboxylic acids is 1. The number of anilines is 1. The van der Waals surface area contributed by atoms with E-state index in [1.807, 2.05) is 6.92 Å². The number of thiazole rings is 1. The number of halogens is 1. The van der Waals surface area contributed by atoms with Crippen LogP contribution in [0.4, 0.5) is 9.52 Å². The predicted octanol–water partition coefficient (Wildman–Crippen LogP) is 2.74. The van der Waals surface area contributed by atoms with Gasteiger partial charge in [-0.05, 0) is 18.6 Å². The third-order valence-electron chi connectivity index (χ3n) is 2.45. The summed E-state index contributed by atoms with van der Waals surface area (Å²) in [4.78, 5) is 16.7. The lowest BCUT2D eigenvalue weighted by Gasteiger charge is -2.18. The first-order valence-corrected chi connectivity index (χ1v) is 6.45. The zero-order valence-corrected chi connectivity index (χ0v) is 10.7. The molecule has 6 heteroatoms. The molecule has 0 unspecified atom stereocenters. The molecule has 0 fully saturated rings. The average Bonchev–Trinajstić information content (AvgIpc) is 2.73. The summed E-state index contributed by atoms with van der Waals surface area (Å²) >= 11 is 1.19. The van der Waals surface area contributed by atoms with Crippen LogP contribution in [-0.4, -0.2) is 29.1 Å². The molecular formula is C12H13FN2O2S. The van der Waals surface area contributed by atoms with Crippen molar-refractivity contribution in [2.45, 2.75) is 13.3 Å². The summed E-state index contributed by atoms with van der Waals surface area (Å²) in [6.45, 7) is 2.44. The smallest absolute Gasteiger partial charge is 0.323 e. The van der Waals surface area contributed by atoms with Crippen molar-refractivity contribution in [3.05, 3.63) is 24.0 Å². The topological polar surface area (TPSA) is 53.4 Å². The molecule has 0 aliphatic rings. The second kappa shape index (κ2) is 5.30. The van der Waals surface area contributed by atoms with Crippen LogP contribution in [0.25, 0.3) is 10.2 Å². The van der Waals surface area contributed by atoms with E-state index < -0.39 is 5.97 Å². The minimum atomic E-state index is -0.914. The molecule has 1 N–H and O–H groups in total. The summed E-state index contributed by atoms with van der Waals surface area (Å²) < 4.78 is 14.0. The Bertz CT molecular complexity index is 570. The fourth-order valence-corrected chi connectivity index (χ4v) is 2.71. The van der Waals surface area contributed by atoms with Crippen molar-refractivity contribution in [2.75, 3.05) is 18.0 Å². The van der Waals surface area contributed by atoms with Crippen molar-refractivity contribution in [3.63, 3.8) is 0 Å². The van der Waals surface area contributed by atoms with Gasteiger partial charge in [-0.3, -0.25) is 4.79 Å². The third-order valence-corrected chi connectivity index (χ3v) is 3.59. The van der Waals surface area contributed by atoms with Gasteiger partial charge >= 0.3 is 5.97 Å². The van der Waals surface area contributed by atoms with Crippen molar-refractivity contribution in [1.29, 1.82) is 0 Å². The van der Waals surface area contributed by atoms with Crippen LogP contribution in [0.3, 0.4) is 0 Å². The van der Waals surface area contributed by atoms with Crippen LogP contribution in [0.15, 0.2) is 18.2 Å². The van der Waals surface area contributed by atoms with Gasteiger partial charge in [0, 0.05) is 6.54 Å². The van der Waals surface area contributed by atoms with Gasteiger partial charge in [0.1, 0.15) is 12.4 Å². The van der Waals surface area contributed by atoms with Crippen LogP contribution >= 0.6 is 11.3 Å². The van der Waals surface area contributed by atoms with Crippen molar-refractivity contribution in [3.8, 4) is 0 Å². The van der Waals surface area contributed by atoms with E-state index in [1.54, 1.807) is 17.0 Å². The molecule has 1 aromatic heterocycles. The Morgan fingerprint density at radius 3 is 2.94 bits per heavy atom. The van der Waals surface area contributed by atoms with Gasteiger partial charge in [-0.1, -0.05) is 24.3 Å². The molecule has 0 amide bonds. The summed E-state index contributed by atoms with van der Waals surface area (Å²) in [5, 5.41) is 9.42. The molecule has 2 aromatic rings. The van der Waals surface area contributed by atoms with Gasteiger partial charge in [0.05, 0.1) is 10.2 Å². The Morgan fingerprint density at radius 1 is 1.56 bits per heavy atom. The lowest BCUT2D eigenvalue weighted by Crippen LogP contribution is -2.30. The Kier molecular flexibility index (Phi) is 3.76. The number of carboxylic acids is 1. The Morgan fingerprint density at radius 2 is 2.33 bits per heavy atom. The molecule has 4 nitrogen and oxygen atoms in total. The zero-order valence-electron chi connectivity index (χ0n) is 9.89. The van der Waals surface area contributed by atoms with E-state index in [1.165, 1.54) is 17.4 Å². The lowest BCUT2D eigenvalue weighted by atomic mass is 10.3. The normalized spacial score (nSPS) is 10.8. The number of hydrogen-bond acceptors (Lipinski definition) is 4. The molecule has 18 heavy (non-hydrogen) atoms. The molecule has 0 aliphatic heterocycles. The predicted molar refractivity (Wildman–Crippen MR) is 69.7 cm³/mol. The van der Waals surface area contributed by atoms with Crippen LogP contribution in [0.2, 0.25) is 0 Å². The standard InChI is InChI=1S/C12H13FN2O2S/c1-2-6-15(7-10(16)17)12-14-9-5-3-4-8(13)11(9)18-12/h3-5H,2,6-7H2,1H3,(H,16,17). The highest BCUT2D eigenvalue weighted by atomic mass is 32.1. The molecule has 0 saturated heterocycles. The number of carbonyl (C=O) groups is 1. The third kappa shape index (κ3) is 2.59. The summed E-state index contributed by atoms with van der Waals surface area (Å²) in [7, 11) is 0. The van der Waals surface area contributed by atoms with Crippen LogP contribution in [0, 0.1) is 5.82 Å². The molecule has 0 aliphatic carbocycles. The van der Waals surface area contributed by atoms with Gasteiger partial charge in [0.15, 0.2) is 5.13 Å². The first kappa shape index (κ1) is 12.8. The maximum atomic E-state index is 13.5. The van der Waals surface area contributed by atoms with E-state index in [2.05, 4.69) is 4.98 Å². The van der Waals surface area contributed by atoms with Crippen LogP contribution in [-0.2, 0) is 4.79 Å². The SMILES string of the molecule is CCCN(CC(=O)O)c1nc2cccc(F)c2s1. The molecule has 96 valence electrons. The number of aromatic nitrogens is 1. The van der Waals surface area contributed by atoms with Crippen molar-refractivity contribution >= 4 is 32.7 Å². The molecular weight excluding hydrogens is 255 g/mol. The largest absolute Gasteiger partial charge is 0.480 e. The van der Waals surface area contributed by atoms with Crippen molar-refractivity contribution in [2.24, 2.45) is 0 Å². The number of carboxylic acid groups (broad SMARTS) is 1. The minimum absolute atomic E-state index is 0.116. The fraction of sp³-hybridized carbons (Fsp3) is 0.333. The first-order valence-electron chi connectivity index (χ1n) is 5.63. The fourth-order valence-electron chi connectivity index (χ4n) is 1.71. The lowest BCUT2D eigenvalue weighted by molar-refractivity contribution is -0.135. The summed E-state index contributed by atoms with van der Waals surface area (Å²) in [6.07, 6.45) is 0.811. The molecule has 1 aromatic carbocycles. The molecule has 0 saturated carbocycles. The van der Waals surface area contributed by atoms with Crippen molar-refractivity contribution in [1.82, 2.24) is 4.98 Å². The molecule has 0 bridgehead atoms. The van der Waals surface area contributed by atoms with E-state index in [9.17, 15) is 9.18 Å². The van der Waals surface area contributed by atoms with E-state index in [0.717, 1.165) is 6.42 Å². The van der Waals surface area contributed by atoms with Gasteiger partial charge in [0.2, 0.25) is 0 Å². The van der Waals surface area contributed by atoms with Crippen molar-refractivity contribution < 1.29 is 14.3 Å². The van der Waals surface area contributed by atoms with Gasteiger partial charge in [-0.2, -0.15) is 0 Å². The molecule has 1 heterocycles. The second-order valence-electron chi connectivity index (χ2n) is 3.90. The number of benzene rings is 1. The Labute approximate surface area is 108 Å². The molecule has 0 atom stereocenters. The quantitative estimate of drug-likeness (QED) is 0.906. The maximum Gasteiger partial charge on any atom is 0.323 e. The summed E-state index contributed by atoms with van der Waals surface area (Å²) in [5.74, 6) is -1.23. The second-order valence-corrected chi connectivity index (χ2v) is 4.88. The average molecular weight is 268 g/mol. The minimum Gasteiger partial charge on any atom is -0.480 e.